The summed E-state index contributed by atoms with van der Waals surface area (Å²) in [7, 11) is 0. The van der Waals surface area contributed by atoms with Gasteiger partial charge in [-0.05, 0) is 30.7 Å². The van der Waals surface area contributed by atoms with E-state index in [4.69, 9.17) is 4.42 Å². The van der Waals surface area contributed by atoms with Crippen LogP contribution in [0.15, 0.2) is 64.6 Å². The average Bonchev–Trinajstić information content (AvgIpc) is 3.05. The summed E-state index contributed by atoms with van der Waals surface area (Å²) in [6.07, 6.45) is 6.46. The smallest absolute Gasteiger partial charge is 0.217 e. The van der Waals surface area contributed by atoms with Crippen LogP contribution in [-0.2, 0) is 6.54 Å². The molecule has 0 aliphatic carbocycles. The van der Waals surface area contributed by atoms with Crippen LogP contribution in [0.2, 0.25) is 0 Å². The first-order chi connectivity index (χ1) is 12.1. The minimum absolute atomic E-state index is 0.174. The van der Waals surface area contributed by atoms with Gasteiger partial charge in [0.15, 0.2) is 11.2 Å². The molecule has 2 heterocycles. The van der Waals surface area contributed by atoms with Crippen LogP contribution >= 0.6 is 0 Å². The molecule has 0 aliphatic heterocycles. The summed E-state index contributed by atoms with van der Waals surface area (Å²) >= 11 is 0. The normalized spacial score (nSPS) is 11.1. The molecule has 0 bridgehead atoms. The zero-order valence-electron chi connectivity index (χ0n) is 13.6. The summed E-state index contributed by atoms with van der Waals surface area (Å²) in [5.74, 6) is 0.819. The quantitative estimate of drug-likeness (QED) is 0.668. The van der Waals surface area contributed by atoms with Crippen molar-refractivity contribution in [3.63, 3.8) is 0 Å². The fraction of sp³-hybridized carbons (Fsp3) is 0.105. The van der Waals surface area contributed by atoms with E-state index in [1.54, 1.807) is 48.3 Å². The van der Waals surface area contributed by atoms with Gasteiger partial charge >= 0.3 is 0 Å². The van der Waals surface area contributed by atoms with E-state index in [0.29, 0.717) is 29.5 Å². The highest BCUT2D eigenvalue weighted by Crippen LogP contribution is 2.17. The predicted molar refractivity (Wildman–Crippen MR) is 93.5 cm³/mol. The van der Waals surface area contributed by atoms with Crippen LogP contribution in [0.4, 0.5) is 4.39 Å². The molecule has 0 N–H and O–H groups in total. The minimum Gasteiger partial charge on any atom is -0.457 e. The number of rotatable bonds is 5. The van der Waals surface area contributed by atoms with Gasteiger partial charge in [0.05, 0.1) is 12.1 Å². The zero-order valence-corrected chi connectivity index (χ0v) is 13.6. The van der Waals surface area contributed by atoms with Crippen molar-refractivity contribution in [2.24, 2.45) is 0 Å². The van der Waals surface area contributed by atoms with Crippen molar-refractivity contribution in [2.75, 3.05) is 0 Å². The van der Waals surface area contributed by atoms with E-state index in [9.17, 15) is 9.18 Å². The van der Waals surface area contributed by atoms with Gasteiger partial charge < -0.3 is 4.42 Å². The summed E-state index contributed by atoms with van der Waals surface area (Å²) in [5.41, 5.74) is 1.18. The minimum atomic E-state index is -0.286. The Morgan fingerprint density at radius 1 is 1.32 bits per heavy atom. The second-order valence-electron chi connectivity index (χ2n) is 5.43. The Balaban J connectivity index is 1.87. The first kappa shape index (κ1) is 16.6. The summed E-state index contributed by atoms with van der Waals surface area (Å²) < 4.78 is 20.2. The molecule has 6 heteroatoms. The molecular formula is C19H16FN3O2. The van der Waals surface area contributed by atoms with E-state index >= 15 is 0 Å². The summed E-state index contributed by atoms with van der Waals surface area (Å²) in [5, 5.41) is 4.32. The molecule has 3 rings (SSSR count). The standard InChI is InChI=1S/C19H16FN3O2/c1-3-4-5-16-13(2)25-18(10-17(16)24)19-21-12-23(22-19)11-14-6-8-15(20)9-7-14/h3-10,12H,1,11H2,2H3/b5-4-. The van der Waals surface area contributed by atoms with Crippen LogP contribution in [0.3, 0.4) is 0 Å². The molecule has 5 nitrogen and oxygen atoms in total. The van der Waals surface area contributed by atoms with Crippen molar-refractivity contribution in [2.45, 2.75) is 13.5 Å². The highest BCUT2D eigenvalue weighted by atomic mass is 19.1. The molecule has 1 aromatic carbocycles. The highest BCUT2D eigenvalue weighted by molar-refractivity contribution is 5.55. The number of halogens is 1. The van der Waals surface area contributed by atoms with Crippen molar-refractivity contribution in [3.8, 4) is 11.6 Å². The van der Waals surface area contributed by atoms with Crippen molar-refractivity contribution in [1.82, 2.24) is 14.8 Å². The lowest BCUT2D eigenvalue weighted by Crippen LogP contribution is -2.06. The van der Waals surface area contributed by atoms with E-state index in [-0.39, 0.29) is 11.2 Å². The third kappa shape index (κ3) is 3.80. The van der Waals surface area contributed by atoms with Crippen molar-refractivity contribution >= 4 is 6.08 Å². The lowest BCUT2D eigenvalue weighted by Gasteiger charge is -2.02. The monoisotopic (exact) mass is 337 g/mol. The number of hydrogen-bond donors (Lipinski definition) is 0. The molecule has 2 aromatic heterocycles. The maximum absolute atomic E-state index is 12.9. The second-order valence-corrected chi connectivity index (χ2v) is 5.43. The van der Waals surface area contributed by atoms with E-state index in [2.05, 4.69) is 16.7 Å². The van der Waals surface area contributed by atoms with E-state index < -0.39 is 0 Å². The van der Waals surface area contributed by atoms with Gasteiger partial charge in [0.25, 0.3) is 0 Å². The Morgan fingerprint density at radius 3 is 2.76 bits per heavy atom. The molecule has 0 aliphatic rings. The number of benzene rings is 1. The molecule has 25 heavy (non-hydrogen) atoms. The van der Waals surface area contributed by atoms with Crippen LogP contribution in [-0.4, -0.2) is 14.8 Å². The van der Waals surface area contributed by atoms with Crippen molar-refractivity contribution < 1.29 is 8.81 Å². The molecule has 0 fully saturated rings. The molecule has 0 unspecified atom stereocenters. The van der Waals surface area contributed by atoms with Gasteiger partial charge in [0.1, 0.15) is 17.9 Å². The summed E-state index contributed by atoms with van der Waals surface area (Å²) in [6.45, 7) is 5.73. The van der Waals surface area contributed by atoms with E-state index in [0.717, 1.165) is 5.56 Å². The molecule has 0 radical (unpaired) electrons. The third-order valence-corrected chi connectivity index (χ3v) is 3.58. The van der Waals surface area contributed by atoms with Gasteiger partial charge in [-0.15, -0.1) is 5.10 Å². The second kappa shape index (κ2) is 7.09. The van der Waals surface area contributed by atoms with Gasteiger partial charge in [-0.3, -0.25) is 4.79 Å². The number of nitrogens with zero attached hydrogens (tertiary/aromatic N) is 3. The van der Waals surface area contributed by atoms with Gasteiger partial charge in [0, 0.05) is 6.07 Å². The van der Waals surface area contributed by atoms with Crippen LogP contribution in [0.25, 0.3) is 17.7 Å². The SMILES string of the molecule is C=C/C=C\c1c(C)oc(-c2ncn(Cc3ccc(F)cc3)n2)cc1=O. The molecule has 3 aromatic rings. The van der Waals surface area contributed by atoms with Gasteiger partial charge in [0.2, 0.25) is 5.82 Å². The molecule has 0 saturated heterocycles. The molecule has 0 spiro atoms. The number of hydrogen-bond acceptors (Lipinski definition) is 4. The highest BCUT2D eigenvalue weighted by Gasteiger charge is 2.12. The molecule has 0 amide bonds. The van der Waals surface area contributed by atoms with Gasteiger partial charge in [-0.25, -0.2) is 14.1 Å². The Bertz CT molecular complexity index is 985. The number of aromatic nitrogens is 3. The zero-order chi connectivity index (χ0) is 17.8. The summed E-state index contributed by atoms with van der Waals surface area (Å²) in [6, 6.07) is 7.52. The Morgan fingerprint density at radius 2 is 2.08 bits per heavy atom. The fourth-order valence-electron chi connectivity index (χ4n) is 2.35. The summed E-state index contributed by atoms with van der Waals surface area (Å²) in [4.78, 5) is 16.4. The maximum Gasteiger partial charge on any atom is 0.217 e. The number of allylic oxidation sites excluding steroid dienone is 2. The third-order valence-electron chi connectivity index (χ3n) is 3.58. The lowest BCUT2D eigenvalue weighted by molar-refractivity contribution is 0.522. The topological polar surface area (TPSA) is 60.9 Å². The lowest BCUT2D eigenvalue weighted by atomic mass is 10.2. The molecule has 0 atom stereocenters. The average molecular weight is 337 g/mol. The van der Waals surface area contributed by atoms with E-state index in [1.165, 1.54) is 18.2 Å². The van der Waals surface area contributed by atoms with Crippen LogP contribution < -0.4 is 5.43 Å². The van der Waals surface area contributed by atoms with Gasteiger partial charge in [-0.2, -0.15) is 0 Å². The van der Waals surface area contributed by atoms with Crippen molar-refractivity contribution in [3.05, 3.63) is 88.3 Å². The Labute approximate surface area is 143 Å². The predicted octanol–water partition coefficient (Wildman–Crippen LogP) is 3.59. The Hall–Kier alpha value is -3.28. The Kier molecular flexibility index (Phi) is 4.70. The first-order valence-corrected chi connectivity index (χ1v) is 7.65. The first-order valence-electron chi connectivity index (χ1n) is 7.65. The van der Waals surface area contributed by atoms with E-state index in [1.807, 2.05) is 0 Å². The maximum atomic E-state index is 12.9. The van der Waals surface area contributed by atoms with Crippen LogP contribution in [0.5, 0.6) is 0 Å². The number of aryl methyl sites for hydroxylation is 1. The van der Waals surface area contributed by atoms with Gasteiger partial charge in [-0.1, -0.05) is 30.9 Å². The van der Waals surface area contributed by atoms with Crippen molar-refractivity contribution in [1.29, 1.82) is 0 Å². The van der Waals surface area contributed by atoms with Crippen LogP contribution in [0.1, 0.15) is 16.9 Å². The largest absolute Gasteiger partial charge is 0.457 e. The molecular weight excluding hydrogens is 321 g/mol. The fourth-order valence-corrected chi connectivity index (χ4v) is 2.35. The molecule has 0 saturated carbocycles. The van der Waals surface area contributed by atoms with Crippen LogP contribution in [0, 0.1) is 12.7 Å². The molecule has 126 valence electrons.